The molecule has 19 heavy (non-hydrogen) atoms. The number of hydrogen-bond acceptors (Lipinski definition) is 3. The summed E-state index contributed by atoms with van der Waals surface area (Å²) in [6.07, 6.45) is 6.37. The minimum Gasteiger partial charge on any atom is -0.376 e. The van der Waals surface area contributed by atoms with Crippen LogP contribution >= 0.6 is 0 Å². The molecule has 1 saturated heterocycles. The lowest BCUT2D eigenvalue weighted by Crippen LogP contribution is -2.53. The number of carbonyl (C=O) groups excluding carboxylic acids is 1. The van der Waals surface area contributed by atoms with Crippen LogP contribution in [-0.4, -0.2) is 42.6 Å². The van der Waals surface area contributed by atoms with Crippen LogP contribution in [0.5, 0.6) is 0 Å². The Balaban J connectivity index is 1.95. The van der Waals surface area contributed by atoms with Crippen LogP contribution in [0.4, 0.5) is 0 Å². The minimum atomic E-state index is -0.341. The van der Waals surface area contributed by atoms with E-state index in [1.165, 1.54) is 0 Å². The van der Waals surface area contributed by atoms with Gasteiger partial charge in [-0.2, -0.15) is 0 Å². The number of piperidine rings is 1. The lowest BCUT2D eigenvalue weighted by Gasteiger charge is -2.39. The Hall–Kier alpha value is -0.610. The van der Waals surface area contributed by atoms with E-state index in [2.05, 4.69) is 6.92 Å². The SMILES string of the molecule is CCCOC1CCCN(C(=O)C2(C)CCCC2N)C1. The number of hydrogen-bond donors (Lipinski definition) is 1. The molecule has 110 valence electrons. The van der Waals surface area contributed by atoms with Gasteiger partial charge in [0, 0.05) is 25.7 Å². The third-order valence-electron chi connectivity index (χ3n) is 4.74. The monoisotopic (exact) mass is 268 g/mol. The maximum Gasteiger partial charge on any atom is 0.230 e. The van der Waals surface area contributed by atoms with Crippen molar-refractivity contribution in [1.29, 1.82) is 0 Å². The van der Waals surface area contributed by atoms with Crippen molar-refractivity contribution in [1.82, 2.24) is 4.90 Å². The van der Waals surface area contributed by atoms with Crippen LogP contribution in [0.3, 0.4) is 0 Å². The Morgan fingerprint density at radius 2 is 2.21 bits per heavy atom. The molecule has 1 saturated carbocycles. The van der Waals surface area contributed by atoms with Crippen LogP contribution in [-0.2, 0) is 9.53 Å². The van der Waals surface area contributed by atoms with Crippen LogP contribution in [0.25, 0.3) is 0 Å². The van der Waals surface area contributed by atoms with Crippen molar-refractivity contribution in [3.8, 4) is 0 Å². The second-order valence-corrected chi connectivity index (χ2v) is 6.30. The minimum absolute atomic E-state index is 0.0249. The number of nitrogens with zero attached hydrogens (tertiary/aromatic N) is 1. The smallest absolute Gasteiger partial charge is 0.230 e. The number of likely N-dealkylation sites (tertiary alicyclic amines) is 1. The number of carbonyl (C=O) groups is 1. The summed E-state index contributed by atoms with van der Waals surface area (Å²) in [5, 5.41) is 0. The van der Waals surface area contributed by atoms with Crippen LogP contribution in [0.2, 0.25) is 0 Å². The van der Waals surface area contributed by atoms with Crippen LogP contribution in [0.15, 0.2) is 0 Å². The molecule has 0 radical (unpaired) electrons. The number of ether oxygens (including phenoxy) is 1. The molecule has 3 unspecified atom stereocenters. The van der Waals surface area contributed by atoms with Crippen molar-refractivity contribution >= 4 is 5.91 Å². The van der Waals surface area contributed by atoms with Crippen molar-refractivity contribution in [3.05, 3.63) is 0 Å². The molecule has 0 aromatic heterocycles. The van der Waals surface area contributed by atoms with E-state index in [0.717, 1.165) is 58.2 Å². The van der Waals surface area contributed by atoms with Crippen LogP contribution in [0, 0.1) is 5.41 Å². The fraction of sp³-hybridized carbons (Fsp3) is 0.933. The van der Waals surface area contributed by atoms with Gasteiger partial charge < -0.3 is 15.4 Å². The summed E-state index contributed by atoms with van der Waals surface area (Å²) in [6.45, 7) is 6.57. The van der Waals surface area contributed by atoms with Crippen molar-refractivity contribution in [3.63, 3.8) is 0 Å². The normalized spacial score (nSPS) is 35.6. The Morgan fingerprint density at radius 3 is 2.84 bits per heavy atom. The first-order valence-electron chi connectivity index (χ1n) is 7.74. The van der Waals surface area contributed by atoms with Gasteiger partial charge in [0.05, 0.1) is 11.5 Å². The Morgan fingerprint density at radius 1 is 1.42 bits per heavy atom. The van der Waals surface area contributed by atoms with E-state index >= 15 is 0 Å². The molecule has 2 N–H and O–H groups in total. The fourth-order valence-corrected chi connectivity index (χ4v) is 3.36. The van der Waals surface area contributed by atoms with Gasteiger partial charge in [0.25, 0.3) is 0 Å². The lowest BCUT2D eigenvalue weighted by atomic mass is 9.83. The molecule has 2 fully saturated rings. The fourth-order valence-electron chi connectivity index (χ4n) is 3.36. The molecule has 0 aromatic rings. The van der Waals surface area contributed by atoms with E-state index in [1.807, 2.05) is 11.8 Å². The Bertz CT molecular complexity index is 321. The third kappa shape index (κ3) is 3.11. The number of nitrogens with two attached hydrogens (primary N) is 1. The van der Waals surface area contributed by atoms with E-state index in [-0.39, 0.29) is 23.5 Å². The standard InChI is InChI=1S/C15H28N2O2/c1-3-10-19-12-6-5-9-17(11-12)14(18)15(2)8-4-7-13(15)16/h12-13H,3-11,16H2,1-2H3. The summed E-state index contributed by atoms with van der Waals surface area (Å²) in [5.74, 6) is 0.252. The highest BCUT2D eigenvalue weighted by Crippen LogP contribution is 2.39. The van der Waals surface area contributed by atoms with E-state index in [9.17, 15) is 4.79 Å². The molecule has 0 spiro atoms. The van der Waals surface area contributed by atoms with Gasteiger partial charge in [-0.05, 0) is 39.0 Å². The zero-order valence-electron chi connectivity index (χ0n) is 12.4. The van der Waals surface area contributed by atoms with E-state index in [0.29, 0.717) is 0 Å². The lowest BCUT2D eigenvalue weighted by molar-refractivity contribution is -0.145. The molecule has 1 heterocycles. The van der Waals surface area contributed by atoms with Gasteiger partial charge in [-0.1, -0.05) is 13.3 Å². The van der Waals surface area contributed by atoms with Gasteiger partial charge >= 0.3 is 0 Å². The average molecular weight is 268 g/mol. The number of rotatable bonds is 4. The third-order valence-corrected chi connectivity index (χ3v) is 4.74. The molecule has 1 aliphatic carbocycles. The van der Waals surface area contributed by atoms with Crippen molar-refractivity contribution < 1.29 is 9.53 Å². The Labute approximate surface area is 116 Å². The molecule has 0 bridgehead atoms. The van der Waals surface area contributed by atoms with Gasteiger partial charge in [-0.3, -0.25) is 4.79 Å². The molecule has 4 nitrogen and oxygen atoms in total. The van der Waals surface area contributed by atoms with Crippen molar-refractivity contribution in [2.24, 2.45) is 11.1 Å². The van der Waals surface area contributed by atoms with Crippen LogP contribution in [0.1, 0.15) is 52.4 Å². The van der Waals surface area contributed by atoms with Crippen molar-refractivity contribution in [2.75, 3.05) is 19.7 Å². The maximum atomic E-state index is 12.7. The van der Waals surface area contributed by atoms with Gasteiger partial charge in [0.2, 0.25) is 5.91 Å². The topological polar surface area (TPSA) is 55.6 Å². The molecular weight excluding hydrogens is 240 g/mol. The zero-order valence-corrected chi connectivity index (χ0v) is 12.4. The predicted octanol–water partition coefficient (Wildman–Crippen LogP) is 1.92. The highest BCUT2D eigenvalue weighted by Gasteiger charge is 2.45. The maximum absolute atomic E-state index is 12.7. The molecule has 2 aliphatic rings. The van der Waals surface area contributed by atoms with Gasteiger partial charge in [0.1, 0.15) is 0 Å². The predicted molar refractivity (Wildman–Crippen MR) is 75.8 cm³/mol. The second-order valence-electron chi connectivity index (χ2n) is 6.30. The highest BCUT2D eigenvalue weighted by atomic mass is 16.5. The summed E-state index contributed by atoms with van der Waals surface area (Å²) in [7, 11) is 0. The van der Waals surface area contributed by atoms with E-state index in [1.54, 1.807) is 0 Å². The summed E-state index contributed by atoms with van der Waals surface area (Å²) in [4.78, 5) is 14.7. The first kappa shape index (κ1) is 14.8. The van der Waals surface area contributed by atoms with Gasteiger partial charge in [0.15, 0.2) is 0 Å². The average Bonchev–Trinajstić information content (AvgIpc) is 2.77. The van der Waals surface area contributed by atoms with Crippen LogP contribution < -0.4 is 5.73 Å². The summed E-state index contributed by atoms with van der Waals surface area (Å²) in [6, 6.07) is 0.0249. The van der Waals surface area contributed by atoms with Gasteiger partial charge in [-0.15, -0.1) is 0 Å². The van der Waals surface area contributed by atoms with Gasteiger partial charge in [-0.25, -0.2) is 0 Å². The highest BCUT2D eigenvalue weighted by molar-refractivity contribution is 5.83. The quantitative estimate of drug-likeness (QED) is 0.847. The summed E-state index contributed by atoms with van der Waals surface area (Å²) >= 11 is 0. The largest absolute Gasteiger partial charge is 0.376 e. The molecule has 1 amide bonds. The molecular formula is C15H28N2O2. The first-order valence-corrected chi connectivity index (χ1v) is 7.74. The molecule has 4 heteroatoms. The van der Waals surface area contributed by atoms with Crippen molar-refractivity contribution in [2.45, 2.75) is 64.5 Å². The second kappa shape index (κ2) is 6.23. The molecule has 1 aliphatic heterocycles. The first-order chi connectivity index (χ1) is 9.08. The Kier molecular flexibility index (Phi) is 4.85. The summed E-state index contributed by atoms with van der Waals surface area (Å²) in [5.41, 5.74) is 5.82. The zero-order chi connectivity index (χ0) is 13.9. The molecule has 2 rings (SSSR count). The van der Waals surface area contributed by atoms with E-state index in [4.69, 9.17) is 10.5 Å². The molecule has 0 aromatic carbocycles. The number of amides is 1. The molecule has 3 atom stereocenters. The van der Waals surface area contributed by atoms with E-state index < -0.39 is 0 Å². The summed E-state index contributed by atoms with van der Waals surface area (Å²) < 4.78 is 5.81.